The van der Waals surface area contributed by atoms with Gasteiger partial charge in [0.2, 0.25) is 0 Å². The molecule has 0 saturated carbocycles. The standard InChI is InChI=1S/C13H10BrFN2O2/c14-7-1-3-11(10(16)5-7)17-13(19)9-6-8(15)2-4-12(9)18/h1-6,18H,16H2,(H,17,19). The molecule has 0 bridgehead atoms. The Balaban J connectivity index is 2.28. The van der Waals surface area contributed by atoms with E-state index in [0.29, 0.717) is 11.4 Å². The number of hydrogen-bond donors (Lipinski definition) is 3. The number of hydrogen-bond acceptors (Lipinski definition) is 3. The lowest BCUT2D eigenvalue weighted by Gasteiger charge is -2.09. The number of nitrogen functional groups attached to an aromatic ring is 1. The van der Waals surface area contributed by atoms with Gasteiger partial charge >= 0.3 is 0 Å². The van der Waals surface area contributed by atoms with Crippen molar-refractivity contribution in [3.63, 3.8) is 0 Å². The Labute approximate surface area is 117 Å². The third-order valence-electron chi connectivity index (χ3n) is 2.47. The molecule has 19 heavy (non-hydrogen) atoms. The molecule has 98 valence electrons. The van der Waals surface area contributed by atoms with Gasteiger partial charge in [-0.3, -0.25) is 4.79 Å². The number of amides is 1. The predicted molar refractivity (Wildman–Crippen MR) is 74.6 cm³/mol. The smallest absolute Gasteiger partial charge is 0.259 e. The Morgan fingerprint density at radius 2 is 2.00 bits per heavy atom. The summed E-state index contributed by atoms with van der Waals surface area (Å²) in [5.41, 5.74) is 6.33. The van der Waals surface area contributed by atoms with Crippen molar-refractivity contribution in [3.8, 4) is 5.75 Å². The number of carbonyl (C=O) groups is 1. The lowest BCUT2D eigenvalue weighted by molar-refractivity contribution is 0.102. The van der Waals surface area contributed by atoms with Crippen LogP contribution in [-0.2, 0) is 0 Å². The highest BCUT2D eigenvalue weighted by atomic mass is 79.9. The number of benzene rings is 2. The summed E-state index contributed by atoms with van der Waals surface area (Å²) in [5, 5.41) is 12.0. The normalized spacial score (nSPS) is 10.2. The molecule has 0 unspecified atom stereocenters. The quantitative estimate of drug-likeness (QED) is 0.743. The van der Waals surface area contributed by atoms with Gasteiger partial charge in [0, 0.05) is 4.47 Å². The topological polar surface area (TPSA) is 75.3 Å². The number of anilines is 2. The second-order valence-corrected chi connectivity index (χ2v) is 4.76. The van der Waals surface area contributed by atoms with Crippen LogP contribution < -0.4 is 11.1 Å². The van der Waals surface area contributed by atoms with Crippen LogP contribution in [0.15, 0.2) is 40.9 Å². The van der Waals surface area contributed by atoms with E-state index >= 15 is 0 Å². The first kappa shape index (κ1) is 13.4. The molecule has 4 N–H and O–H groups in total. The number of phenolic OH excluding ortho intramolecular Hbond substituents is 1. The Morgan fingerprint density at radius 3 is 2.68 bits per heavy atom. The van der Waals surface area contributed by atoms with E-state index in [2.05, 4.69) is 21.2 Å². The Hall–Kier alpha value is -2.08. The van der Waals surface area contributed by atoms with E-state index in [1.54, 1.807) is 18.2 Å². The van der Waals surface area contributed by atoms with E-state index in [9.17, 15) is 14.3 Å². The summed E-state index contributed by atoms with van der Waals surface area (Å²) in [6.45, 7) is 0. The van der Waals surface area contributed by atoms with Gasteiger partial charge in [0.25, 0.3) is 5.91 Å². The van der Waals surface area contributed by atoms with Crippen LogP contribution >= 0.6 is 15.9 Å². The zero-order valence-electron chi connectivity index (χ0n) is 9.65. The van der Waals surface area contributed by atoms with Gasteiger partial charge in [-0.05, 0) is 36.4 Å². The zero-order chi connectivity index (χ0) is 14.0. The molecular formula is C13H10BrFN2O2. The summed E-state index contributed by atoms with van der Waals surface area (Å²) < 4.78 is 13.8. The van der Waals surface area contributed by atoms with E-state index in [4.69, 9.17) is 5.73 Å². The molecule has 2 aromatic carbocycles. The lowest BCUT2D eigenvalue weighted by Crippen LogP contribution is -2.13. The molecule has 0 atom stereocenters. The zero-order valence-corrected chi connectivity index (χ0v) is 11.2. The van der Waals surface area contributed by atoms with Crippen LogP contribution in [0.2, 0.25) is 0 Å². The summed E-state index contributed by atoms with van der Waals surface area (Å²) in [5.74, 6) is -1.53. The molecule has 0 saturated heterocycles. The first-order valence-electron chi connectivity index (χ1n) is 5.32. The van der Waals surface area contributed by atoms with Crippen LogP contribution in [0.3, 0.4) is 0 Å². The van der Waals surface area contributed by atoms with Gasteiger partial charge in [-0.25, -0.2) is 4.39 Å². The highest BCUT2D eigenvalue weighted by Crippen LogP contribution is 2.25. The minimum atomic E-state index is -0.633. The van der Waals surface area contributed by atoms with E-state index in [-0.39, 0.29) is 11.3 Å². The van der Waals surface area contributed by atoms with Gasteiger partial charge in [0.1, 0.15) is 11.6 Å². The number of halogens is 2. The number of nitrogens with two attached hydrogens (primary N) is 1. The maximum atomic E-state index is 13.1. The molecule has 0 radical (unpaired) electrons. The predicted octanol–water partition coefficient (Wildman–Crippen LogP) is 3.13. The highest BCUT2D eigenvalue weighted by molar-refractivity contribution is 9.10. The van der Waals surface area contributed by atoms with Gasteiger partial charge in [0.05, 0.1) is 16.9 Å². The van der Waals surface area contributed by atoms with Crippen molar-refractivity contribution in [2.24, 2.45) is 0 Å². The molecule has 1 amide bonds. The summed E-state index contributed by atoms with van der Waals surface area (Å²) >= 11 is 3.25. The Kier molecular flexibility index (Phi) is 3.71. The second-order valence-electron chi connectivity index (χ2n) is 3.85. The maximum absolute atomic E-state index is 13.1. The number of nitrogens with one attached hydrogen (secondary N) is 1. The minimum absolute atomic E-state index is 0.151. The SMILES string of the molecule is Nc1cc(Br)ccc1NC(=O)c1cc(F)ccc1O. The van der Waals surface area contributed by atoms with E-state index < -0.39 is 11.7 Å². The van der Waals surface area contributed by atoms with Crippen LogP contribution in [0.25, 0.3) is 0 Å². The summed E-state index contributed by atoms with van der Waals surface area (Å²) in [6.07, 6.45) is 0. The average Bonchev–Trinajstić information content (AvgIpc) is 2.35. The highest BCUT2D eigenvalue weighted by Gasteiger charge is 2.13. The minimum Gasteiger partial charge on any atom is -0.507 e. The first-order valence-corrected chi connectivity index (χ1v) is 6.11. The number of carbonyl (C=O) groups excluding carboxylic acids is 1. The van der Waals surface area contributed by atoms with Gasteiger partial charge in [-0.15, -0.1) is 0 Å². The van der Waals surface area contributed by atoms with Crippen LogP contribution in [0.1, 0.15) is 10.4 Å². The molecular weight excluding hydrogens is 315 g/mol. The first-order chi connectivity index (χ1) is 8.97. The molecule has 2 aromatic rings. The van der Waals surface area contributed by atoms with Crippen molar-refractivity contribution in [3.05, 3.63) is 52.3 Å². The third kappa shape index (κ3) is 3.03. The summed E-state index contributed by atoms with van der Waals surface area (Å²) in [6, 6.07) is 8.08. The number of aromatic hydroxyl groups is 1. The molecule has 0 heterocycles. The summed E-state index contributed by atoms with van der Waals surface area (Å²) in [4.78, 5) is 11.9. The maximum Gasteiger partial charge on any atom is 0.259 e. The van der Waals surface area contributed by atoms with Crippen molar-refractivity contribution in [1.29, 1.82) is 0 Å². The number of phenols is 1. The Morgan fingerprint density at radius 1 is 1.26 bits per heavy atom. The molecule has 0 aromatic heterocycles. The van der Waals surface area contributed by atoms with Crippen molar-refractivity contribution < 1.29 is 14.3 Å². The van der Waals surface area contributed by atoms with Gasteiger partial charge in [0.15, 0.2) is 0 Å². The largest absolute Gasteiger partial charge is 0.507 e. The molecule has 0 aliphatic carbocycles. The van der Waals surface area contributed by atoms with Gasteiger partial charge < -0.3 is 16.2 Å². The van der Waals surface area contributed by atoms with Crippen molar-refractivity contribution in [1.82, 2.24) is 0 Å². The lowest BCUT2D eigenvalue weighted by atomic mass is 10.1. The monoisotopic (exact) mass is 324 g/mol. The third-order valence-corrected chi connectivity index (χ3v) is 2.96. The van der Waals surface area contributed by atoms with Crippen LogP contribution in [0, 0.1) is 5.82 Å². The van der Waals surface area contributed by atoms with Gasteiger partial charge in [-0.1, -0.05) is 15.9 Å². The fraction of sp³-hybridized carbons (Fsp3) is 0. The average molecular weight is 325 g/mol. The van der Waals surface area contributed by atoms with E-state index in [0.717, 1.165) is 22.7 Å². The molecule has 6 heteroatoms. The van der Waals surface area contributed by atoms with Gasteiger partial charge in [-0.2, -0.15) is 0 Å². The molecule has 0 fully saturated rings. The van der Waals surface area contributed by atoms with Crippen molar-refractivity contribution in [2.45, 2.75) is 0 Å². The van der Waals surface area contributed by atoms with Crippen LogP contribution in [0.5, 0.6) is 5.75 Å². The van der Waals surface area contributed by atoms with Crippen molar-refractivity contribution >= 4 is 33.2 Å². The van der Waals surface area contributed by atoms with E-state index in [1.807, 2.05) is 0 Å². The fourth-order valence-electron chi connectivity index (χ4n) is 1.53. The fourth-order valence-corrected chi connectivity index (χ4v) is 1.91. The molecule has 2 rings (SSSR count). The second kappa shape index (κ2) is 5.27. The Bertz CT molecular complexity index is 647. The van der Waals surface area contributed by atoms with Crippen LogP contribution in [0.4, 0.5) is 15.8 Å². The molecule has 4 nitrogen and oxygen atoms in total. The summed E-state index contributed by atoms with van der Waals surface area (Å²) in [7, 11) is 0. The van der Waals surface area contributed by atoms with Crippen LogP contribution in [-0.4, -0.2) is 11.0 Å². The molecule has 0 spiro atoms. The molecule has 0 aliphatic rings. The number of rotatable bonds is 2. The van der Waals surface area contributed by atoms with Crippen molar-refractivity contribution in [2.75, 3.05) is 11.1 Å². The molecule has 0 aliphatic heterocycles. The van der Waals surface area contributed by atoms with E-state index in [1.165, 1.54) is 0 Å².